The number of amides is 1. The molecule has 0 fully saturated rings. The molecule has 0 heterocycles. The molecule has 27 heavy (non-hydrogen) atoms. The molecule has 2 N–H and O–H groups in total. The van der Waals surface area contributed by atoms with Crippen LogP contribution >= 0.6 is 0 Å². The molecule has 4 rings (SSSR count). The van der Waals surface area contributed by atoms with E-state index in [-0.39, 0.29) is 11.7 Å². The quantitative estimate of drug-likeness (QED) is 0.552. The van der Waals surface area contributed by atoms with Crippen LogP contribution in [0.4, 0.5) is 0 Å². The van der Waals surface area contributed by atoms with Gasteiger partial charge in [-0.15, -0.1) is 0 Å². The van der Waals surface area contributed by atoms with Crippen LogP contribution in [-0.4, -0.2) is 24.3 Å². The number of hydrogen-bond acceptors (Lipinski definition) is 4. The third-order valence-electron chi connectivity index (χ3n) is 4.69. The van der Waals surface area contributed by atoms with Crippen LogP contribution in [0.3, 0.4) is 0 Å². The van der Waals surface area contributed by atoms with E-state index in [1.807, 2.05) is 48.5 Å². The highest BCUT2D eigenvalue weighted by atomic mass is 16.5. The van der Waals surface area contributed by atoms with E-state index in [1.54, 1.807) is 6.07 Å². The molecule has 5 nitrogen and oxygen atoms in total. The summed E-state index contributed by atoms with van der Waals surface area (Å²) in [5, 5.41) is 13.6. The maximum absolute atomic E-state index is 12.9. The Hall–Kier alpha value is -3.60. The van der Waals surface area contributed by atoms with Crippen LogP contribution in [0.2, 0.25) is 0 Å². The van der Waals surface area contributed by atoms with Gasteiger partial charge in [0.25, 0.3) is 5.91 Å². The zero-order chi connectivity index (χ0) is 18.8. The van der Waals surface area contributed by atoms with Gasteiger partial charge in [0.2, 0.25) is 0 Å². The molecule has 0 radical (unpaired) electrons. The minimum atomic E-state index is -0.392. The molecule has 0 unspecified atom stereocenters. The Kier molecular flexibility index (Phi) is 4.34. The Morgan fingerprint density at radius 1 is 1.04 bits per heavy atom. The maximum Gasteiger partial charge on any atom is 0.252 e. The Morgan fingerprint density at radius 2 is 1.67 bits per heavy atom. The van der Waals surface area contributed by atoms with E-state index < -0.39 is 5.92 Å². The van der Waals surface area contributed by atoms with Crippen molar-refractivity contribution in [3.8, 4) is 22.6 Å². The fourth-order valence-electron chi connectivity index (χ4n) is 3.47. The number of hydrazone groups is 1. The average Bonchev–Trinajstić information content (AvgIpc) is 3.03. The largest absolute Gasteiger partial charge is 0.508 e. The van der Waals surface area contributed by atoms with Crippen molar-refractivity contribution in [1.82, 2.24) is 5.43 Å². The van der Waals surface area contributed by atoms with Gasteiger partial charge in [-0.05, 0) is 34.4 Å². The first-order chi connectivity index (χ1) is 13.2. The van der Waals surface area contributed by atoms with Gasteiger partial charge in [-0.3, -0.25) is 4.79 Å². The molecule has 0 aliphatic heterocycles. The van der Waals surface area contributed by atoms with Crippen molar-refractivity contribution in [1.29, 1.82) is 0 Å². The van der Waals surface area contributed by atoms with Crippen LogP contribution in [0.5, 0.6) is 11.5 Å². The molecule has 1 aliphatic carbocycles. The second-order valence-electron chi connectivity index (χ2n) is 6.27. The normalized spacial score (nSPS) is 12.6. The van der Waals surface area contributed by atoms with Crippen LogP contribution in [0.15, 0.2) is 71.8 Å². The van der Waals surface area contributed by atoms with E-state index in [4.69, 9.17) is 4.74 Å². The highest BCUT2D eigenvalue weighted by Gasteiger charge is 2.33. The number of benzene rings is 3. The zero-order valence-electron chi connectivity index (χ0n) is 14.7. The lowest BCUT2D eigenvalue weighted by Crippen LogP contribution is -2.25. The summed E-state index contributed by atoms with van der Waals surface area (Å²) in [5.74, 6) is -0.00517. The number of aromatic hydroxyl groups is 1. The maximum atomic E-state index is 12.9. The predicted octanol–water partition coefficient (Wildman–Crippen LogP) is 3.66. The molecule has 3 aromatic rings. The molecule has 0 aromatic heterocycles. The highest BCUT2D eigenvalue weighted by molar-refractivity contribution is 5.96. The molecule has 5 heteroatoms. The van der Waals surface area contributed by atoms with Gasteiger partial charge in [0.15, 0.2) is 0 Å². The van der Waals surface area contributed by atoms with E-state index in [0.29, 0.717) is 11.3 Å². The van der Waals surface area contributed by atoms with Crippen molar-refractivity contribution in [2.45, 2.75) is 5.92 Å². The molecular formula is C22H18N2O3. The number of phenolic OH excluding ortho intramolecular Hbond substituents is 1. The van der Waals surface area contributed by atoms with Gasteiger partial charge in [0.1, 0.15) is 11.5 Å². The minimum absolute atomic E-state index is 0.104. The number of nitrogens with one attached hydrogen (secondary N) is 1. The lowest BCUT2D eigenvalue weighted by Gasteiger charge is -2.11. The van der Waals surface area contributed by atoms with E-state index in [1.165, 1.54) is 25.5 Å². The number of phenols is 1. The lowest BCUT2D eigenvalue weighted by atomic mass is 9.96. The smallest absolute Gasteiger partial charge is 0.252 e. The molecule has 134 valence electrons. The Morgan fingerprint density at radius 3 is 2.30 bits per heavy atom. The molecule has 0 saturated heterocycles. The molecule has 3 aromatic carbocycles. The third kappa shape index (κ3) is 3.04. The molecule has 1 aliphatic rings. The van der Waals surface area contributed by atoms with Crippen molar-refractivity contribution in [3.63, 3.8) is 0 Å². The Bertz CT molecular complexity index is 998. The first kappa shape index (κ1) is 16.8. The van der Waals surface area contributed by atoms with Crippen LogP contribution in [0, 0.1) is 0 Å². The second kappa shape index (κ2) is 6.96. The zero-order valence-corrected chi connectivity index (χ0v) is 14.7. The van der Waals surface area contributed by atoms with Crippen LogP contribution in [0.1, 0.15) is 22.6 Å². The minimum Gasteiger partial charge on any atom is -0.508 e. The number of ether oxygens (including phenoxy) is 1. The summed E-state index contributed by atoms with van der Waals surface area (Å²) < 4.78 is 5.21. The Balaban J connectivity index is 1.59. The highest BCUT2D eigenvalue weighted by Crippen LogP contribution is 2.44. The summed E-state index contributed by atoms with van der Waals surface area (Å²) in [7, 11) is 1.51. The molecule has 0 atom stereocenters. The average molecular weight is 358 g/mol. The summed E-state index contributed by atoms with van der Waals surface area (Å²) in [6.07, 6.45) is 1.50. The molecule has 0 bridgehead atoms. The van der Waals surface area contributed by atoms with Crippen molar-refractivity contribution in [2.75, 3.05) is 7.11 Å². The topological polar surface area (TPSA) is 70.9 Å². The summed E-state index contributed by atoms with van der Waals surface area (Å²) in [6, 6.07) is 20.6. The number of hydrogen-bond donors (Lipinski definition) is 2. The second-order valence-corrected chi connectivity index (χ2v) is 6.27. The van der Waals surface area contributed by atoms with Crippen LogP contribution < -0.4 is 10.2 Å². The molecule has 0 saturated carbocycles. The van der Waals surface area contributed by atoms with Gasteiger partial charge in [-0.1, -0.05) is 48.5 Å². The van der Waals surface area contributed by atoms with Gasteiger partial charge in [-0.2, -0.15) is 5.10 Å². The van der Waals surface area contributed by atoms with Gasteiger partial charge in [-0.25, -0.2) is 5.43 Å². The number of nitrogens with zero attached hydrogens (tertiary/aromatic N) is 1. The monoisotopic (exact) mass is 358 g/mol. The summed E-state index contributed by atoms with van der Waals surface area (Å²) in [4.78, 5) is 12.9. The number of rotatable bonds is 4. The van der Waals surface area contributed by atoms with Crippen LogP contribution in [0.25, 0.3) is 11.1 Å². The van der Waals surface area contributed by atoms with Crippen molar-refractivity contribution in [2.24, 2.45) is 5.10 Å². The number of carbonyl (C=O) groups excluding carboxylic acids is 1. The van der Waals surface area contributed by atoms with E-state index >= 15 is 0 Å². The molecule has 1 amide bonds. The van der Waals surface area contributed by atoms with E-state index in [9.17, 15) is 9.90 Å². The summed E-state index contributed by atoms with van der Waals surface area (Å²) in [5.41, 5.74) is 7.41. The number of carbonyl (C=O) groups is 1. The van der Waals surface area contributed by atoms with Gasteiger partial charge in [0, 0.05) is 11.6 Å². The summed E-state index contributed by atoms with van der Waals surface area (Å²) >= 11 is 0. The number of fused-ring (bicyclic) bond motifs is 3. The molecular weight excluding hydrogens is 340 g/mol. The lowest BCUT2D eigenvalue weighted by molar-refractivity contribution is -0.121. The van der Waals surface area contributed by atoms with E-state index in [2.05, 4.69) is 10.5 Å². The summed E-state index contributed by atoms with van der Waals surface area (Å²) in [6.45, 7) is 0. The van der Waals surface area contributed by atoms with Crippen molar-refractivity contribution in [3.05, 3.63) is 83.4 Å². The van der Waals surface area contributed by atoms with Gasteiger partial charge >= 0.3 is 0 Å². The standard InChI is InChI=1S/C22H18N2O3/c1-27-20-12-15(25)11-10-14(20)13-23-24-22(26)21-18-8-4-2-6-16(18)17-7-3-5-9-19(17)21/h2-13,21,25H,1H3,(H,24,26)/b23-13+. The first-order valence-electron chi connectivity index (χ1n) is 8.57. The fraction of sp³-hybridized carbons (Fsp3) is 0.0909. The van der Waals surface area contributed by atoms with E-state index in [0.717, 1.165) is 22.3 Å². The van der Waals surface area contributed by atoms with Crippen molar-refractivity contribution < 1.29 is 14.6 Å². The first-order valence-corrected chi connectivity index (χ1v) is 8.57. The SMILES string of the molecule is COc1cc(O)ccc1/C=N/NC(=O)C1c2ccccc2-c2ccccc21. The van der Waals surface area contributed by atoms with Crippen LogP contribution in [-0.2, 0) is 4.79 Å². The van der Waals surface area contributed by atoms with Gasteiger partial charge < -0.3 is 9.84 Å². The fourth-order valence-corrected chi connectivity index (χ4v) is 3.47. The van der Waals surface area contributed by atoms with Crippen molar-refractivity contribution >= 4 is 12.1 Å². The Labute approximate surface area is 156 Å². The van der Waals surface area contributed by atoms with Gasteiger partial charge in [0.05, 0.1) is 19.2 Å². The molecule has 0 spiro atoms. The number of methoxy groups -OCH3 is 1. The predicted molar refractivity (Wildman–Crippen MR) is 104 cm³/mol. The third-order valence-corrected chi connectivity index (χ3v) is 4.69.